The normalized spacial score (nSPS) is 10.9. The number of thiazole rings is 1. The van der Waals surface area contributed by atoms with E-state index in [9.17, 15) is 0 Å². The van der Waals surface area contributed by atoms with E-state index in [0.29, 0.717) is 6.61 Å². The van der Waals surface area contributed by atoms with Gasteiger partial charge in [-0.1, -0.05) is 22.0 Å². The number of nitrogens with one attached hydrogen (secondary N) is 1. The number of benzene rings is 1. The molecule has 0 bridgehead atoms. The second-order valence-corrected chi connectivity index (χ2v) is 6.31. The Morgan fingerprint density at radius 1 is 1.42 bits per heavy atom. The van der Waals surface area contributed by atoms with Gasteiger partial charge in [-0.2, -0.15) is 0 Å². The van der Waals surface area contributed by atoms with E-state index in [1.54, 1.807) is 18.4 Å². The highest BCUT2D eigenvalue weighted by atomic mass is 79.9. The molecule has 0 aliphatic rings. The zero-order valence-electron chi connectivity index (χ0n) is 11.3. The van der Waals surface area contributed by atoms with Crippen molar-refractivity contribution in [3.63, 3.8) is 0 Å². The summed E-state index contributed by atoms with van der Waals surface area (Å²) >= 11 is 5.22. The molecule has 0 fully saturated rings. The molecule has 102 valence electrons. The molecule has 0 saturated heterocycles. The summed E-state index contributed by atoms with van der Waals surface area (Å²) in [6.45, 7) is 3.49. The average molecular weight is 341 g/mol. The predicted octanol–water partition coefficient (Wildman–Crippen LogP) is 3.75. The molecule has 5 heteroatoms. The summed E-state index contributed by atoms with van der Waals surface area (Å²) in [6.07, 6.45) is 0. The standard InChI is InChI=1S/C14H17BrN2OS/c1-9-6-10(15)4-5-11(9)14-17-12(8-18-3)13(19-14)7-16-2/h4-6,16H,7-8H2,1-3H3. The Hall–Kier alpha value is -0.750. The zero-order chi connectivity index (χ0) is 13.8. The highest BCUT2D eigenvalue weighted by Gasteiger charge is 2.13. The van der Waals surface area contributed by atoms with Gasteiger partial charge in [0.15, 0.2) is 0 Å². The summed E-state index contributed by atoms with van der Waals surface area (Å²) in [4.78, 5) is 5.96. The minimum Gasteiger partial charge on any atom is -0.378 e. The fraction of sp³-hybridized carbons (Fsp3) is 0.357. The van der Waals surface area contributed by atoms with Crippen LogP contribution >= 0.6 is 27.3 Å². The topological polar surface area (TPSA) is 34.2 Å². The van der Waals surface area contributed by atoms with Crippen molar-refractivity contribution in [3.05, 3.63) is 38.8 Å². The molecule has 0 saturated carbocycles. The van der Waals surface area contributed by atoms with Gasteiger partial charge in [0, 0.05) is 28.6 Å². The molecule has 1 aromatic carbocycles. The number of aromatic nitrogens is 1. The molecule has 0 unspecified atom stereocenters. The van der Waals surface area contributed by atoms with E-state index in [1.165, 1.54) is 16.0 Å². The molecule has 2 aromatic rings. The van der Waals surface area contributed by atoms with Gasteiger partial charge >= 0.3 is 0 Å². The van der Waals surface area contributed by atoms with E-state index >= 15 is 0 Å². The summed E-state index contributed by atoms with van der Waals surface area (Å²) in [5, 5.41) is 4.24. The van der Waals surface area contributed by atoms with Gasteiger partial charge in [-0.15, -0.1) is 11.3 Å². The first-order valence-electron chi connectivity index (χ1n) is 6.04. The van der Waals surface area contributed by atoms with Crippen molar-refractivity contribution in [1.82, 2.24) is 10.3 Å². The number of nitrogens with zero attached hydrogens (tertiary/aromatic N) is 1. The molecule has 1 aromatic heterocycles. The van der Waals surface area contributed by atoms with Crippen LogP contribution in [-0.4, -0.2) is 19.1 Å². The second kappa shape index (κ2) is 6.61. The van der Waals surface area contributed by atoms with Gasteiger partial charge in [0.2, 0.25) is 0 Å². The molecule has 0 atom stereocenters. The Balaban J connectivity index is 2.41. The molecule has 3 nitrogen and oxygen atoms in total. The summed E-state index contributed by atoms with van der Waals surface area (Å²) < 4.78 is 6.32. The zero-order valence-corrected chi connectivity index (χ0v) is 13.7. The first kappa shape index (κ1) is 14.7. The van der Waals surface area contributed by atoms with Crippen LogP contribution < -0.4 is 5.32 Å². The Labute approximate surface area is 126 Å². The molecule has 19 heavy (non-hydrogen) atoms. The number of halogens is 1. The van der Waals surface area contributed by atoms with Crippen molar-refractivity contribution >= 4 is 27.3 Å². The average Bonchev–Trinajstić information content (AvgIpc) is 2.73. The molecular formula is C14H17BrN2OS. The van der Waals surface area contributed by atoms with Crippen LogP contribution in [0.5, 0.6) is 0 Å². The van der Waals surface area contributed by atoms with Gasteiger partial charge in [-0.3, -0.25) is 0 Å². The van der Waals surface area contributed by atoms with Crippen LogP contribution in [0, 0.1) is 6.92 Å². The maximum Gasteiger partial charge on any atom is 0.124 e. The number of aryl methyl sites for hydroxylation is 1. The molecule has 1 heterocycles. The van der Waals surface area contributed by atoms with E-state index in [0.717, 1.165) is 21.7 Å². The Kier molecular flexibility index (Phi) is 5.10. The second-order valence-electron chi connectivity index (χ2n) is 4.31. The lowest BCUT2D eigenvalue weighted by Crippen LogP contribution is -2.06. The quantitative estimate of drug-likeness (QED) is 0.899. The van der Waals surface area contributed by atoms with Crippen molar-refractivity contribution in [2.24, 2.45) is 0 Å². The summed E-state index contributed by atoms with van der Waals surface area (Å²) in [7, 11) is 3.65. The fourth-order valence-corrected chi connectivity index (χ4v) is 3.56. The summed E-state index contributed by atoms with van der Waals surface area (Å²) in [5.74, 6) is 0. The number of methoxy groups -OCH3 is 1. The van der Waals surface area contributed by atoms with Crippen LogP contribution in [-0.2, 0) is 17.9 Å². The molecule has 0 amide bonds. The lowest BCUT2D eigenvalue weighted by atomic mass is 10.1. The third kappa shape index (κ3) is 3.42. The maximum atomic E-state index is 5.22. The van der Waals surface area contributed by atoms with Crippen molar-refractivity contribution in [3.8, 4) is 10.6 Å². The summed E-state index contributed by atoms with van der Waals surface area (Å²) in [5.41, 5.74) is 3.44. The fourth-order valence-electron chi connectivity index (χ4n) is 1.91. The van der Waals surface area contributed by atoms with Crippen LogP contribution in [0.1, 0.15) is 16.1 Å². The van der Waals surface area contributed by atoms with Crippen LogP contribution in [0.2, 0.25) is 0 Å². The first-order chi connectivity index (χ1) is 9.15. The van der Waals surface area contributed by atoms with Gasteiger partial charge in [-0.25, -0.2) is 4.98 Å². The van der Waals surface area contributed by atoms with Gasteiger partial charge in [0.05, 0.1) is 12.3 Å². The lowest BCUT2D eigenvalue weighted by Gasteiger charge is -2.02. The first-order valence-corrected chi connectivity index (χ1v) is 7.65. The maximum absolute atomic E-state index is 5.22. The highest BCUT2D eigenvalue weighted by Crippen LogP contribution is 2.32. The molecule has 0 aliphatic heterocycles. The van der Waals surface area contributed by atoms with Crippen molar-refractivity contribution in [2.75, 3.05) is 14.2 Å². The van der Waals surface area contributed by atoms with E-state index in [2.05, 4.69) is 46.4 Å². The Morgan fingerprint density at radius 2 is 2.21 bits per heavy atom. The van der Waals surface area contributed by atoms with Crippen molar-refractivity contribution in [2.45, 2.75) is 20.1 Å². The monoisotopic (exact) mass is 340 g/mol. The minimum absolute atomic E-state index is 0.559. The van der Waals surface area contributed by atoms with Gasteiger partial charge in [-0.05, 0) is 31.7 Å². The van der Waals surface area contributed by atoms with Crippen LogP contribution in [0.25, 0.3) is 10.6 Å². The van der Waals surface area contributed by atoms with E-state index < -0.39 is 0 Å². The number of rotatable bonds is 5. The van der Waals surface area contributed by atoms with E-state index in [1.807, 2.05) is 7.05 Å². The van der Waals surface area contributed by atoms with Crippen molar-refractivity contribution < 1.29 is 4.74 Å². The van der Waals surface area contributed by atoms with Crippen LogP contribution in [0.4, 0.5) is 0 Å². The number of hydrogen-bond donors (Lipinski definition) is 1. The van der Waals surface area contributed by atoms with Crippen LogP contribution in [0.3, 0.4) is 0 Å². The van der Waals surface area contributed by atoms with Crippen LogP contribution in [0.15, 0.2) is 22.7 Å². The van der Waals surface area contributed by atoms with E-state index in [4.69, 9.17) is 9.72 Å². The van der Waals surface area contributed by atoms with Gasteiger partial charge < -0.3 is 10.1 Å². The van der Waals surface area contributed by atoms with Gasteiger partial charge in [0.1, 0.15) is 5.01 Å². The molecule has 0 radical (unpaired) electrons. The highest BCUT2D eigenvalue weighted by molar-refractivity contribution is 9.10. The minimum atomic E-state index is 0.559. The summed E-state index contributed by atoms with van der Waals surface area (Å²) in [6, 6.07) is 6.28. The molecule has 0 aliphatic carbocycles. The van der Waals surface area contributed by atoms with Gasteiger partial charge in [0.25, 0.3) is 0 Å². The molecule has 1 N–H and O–H groups in total. The number of hydrogen-bond acceptors (Lipinski definition) is 4. The lowest BCUT2D eigenvalue weighted by molar-refractivity contribution is 0.181. The molecule has 2 rings (SSSR count). The SMILES string of the molecule is CNCc1sc(-c2ccc(Br)cc2C)nc1COC. The number of ether oxygens (including phenoxy) is 1. The Bertz CT molecular complexity index is 545. The third-order valence-corrected chi connectivity index (χ3v) is 4.44. The Morgan fingerprint density at radius 3 is 2.84 bits per heavy atom. The third-order valence-electron chi connectivity index (χ3n) is 2.82. The van der Waals surface area contributed by atoms with Crippen molar-refractivity contribution in [1.29, 1.82) is 0 Å². The molecular weight excluding hydrogens is 324 g/mol. The smallest absolute Gasteiger partial charge is 0.124 e. The molecule has 0 spiro atoms. The predicted molar refractivity (Wildman–Crippen MR) is 83.5 cm³/mol. The largest absolute Gasteiger partial charge is 0.378 e. The van der Waals surface area contributed by atoms with E-state index in [-0.39, 0.29) is 0 Å².